The summed E-state index contributed by atoms with van der Waals surface area (Å²) in [4.78, 5) is 12.3. The molecule has 2 aromatic rings. The maximum Gasteiger partial charge on any atom is 0.302 e. The molecule has 0 fully saturated rings. The number of carbonyl (C=O) groups excluding carboxylic acids is 1. The van der Waals surface area contributed by atoms with Gasteiger partial charge in [0.05, 0.1) is 0 Å². The van der Waals surface area contributed by atoms with Crippen molar-refractivity contribution in [3.05, 3.63) is 47.8 Å². The molecule has 1 aliphatic rings. The van der Waals surface area contributed by atoms with Crippen molar-refractivity contribution in [3.63, 3.8) is 0 Å². The molecule has 0 saturated carbocycles. The lowest BCUT2D eigenvalue weighted by atomic mass is 10.1. The van der Waals surface area contributed by atoms with Crippen LogP contribution in [0, 0.1) is 0 Å². The van der Waals surface area contributed by atoms with Gasteiger partial charge >= 0.3 is 5.97 Å². The van der Waals surface area contributed by atoms with Gasteiger partial charge in [0.1, 0.15) is 18.5 Å². The number of phenolic OH excluding ortho intramolecular Hbond substituents is 1. The third-order valence-corrected chi connectivity index (χ3v) is 3.50. The molecule has 1 aromatic heterocycles. The molecule has 24 heavy (non-hydrogen) atoms. The molecule has 1 aromatic carbocycles. The van der Waals surface area contributed by atoms with E-state index in [2.05, 4.69) is 15.4 Å². The highest BCUT2D eigenvalue weighted by Crippen LogP contribution is 2.21. The first-order valence-electron chi connectivity index (χ1n) is 7.62. The highest BCUT2D eigenvalue weighted by molar-refractivity contribution is 5.65. The zero-order valence-electron chi connectivity index (χ0n) is 13.2. The summed E-state index contributed by atoms with van der Waals surface area (Å²) in [5.41, 5.74) is 0.976. The standard InChI is InChI=1S/C16H18N4O4/c1-11(21)23-10-14-3-2-4-16(24-14)20-18-15(17-19-20)9-12-5-7-13(22)8-6-12/h2-3,5-8,14,16,22H,4,9-10H2,1H3. The van der Waals surface area contributed by atoms with Gasteiger partial charge in [0.15, 0.2) is 12.1 Å². The summed E-state index contributed by atoms with van der Waals surface area (Å²) in [6.07, 6.45) is 4.24. The van der Waals surface area contributed by atoms with E-state index in [-0.39, 0.29) is 30.7 Å². The minimum Gasteiger partial charge on any atom is -0.508 e. The van der Waals surface area contributed by atoms with Crippen molar-refractivity contribution in [1.82, 2.24) is 20.2 Å². The lowest BCUT2D eigenvalue weighted by Crippen LogP contribution is -2.28. The summed E-state index contributed by atoms with van der Waals surface area (Å²) in [6, 6.07) is 6.86. The number of phenols is 1. The third-order valence-electron chi connectivity index (χ3n) is 3.50. The number of esters is 1. The Bertz CT molecular complexity index is 726. The zero-order chi connectivity index (χ0) is 16.9. The molecule has 3 rings (SSSR count). The number of tetrazole rings is 1. The van der Waals surface area contributed by atoms with Crippen LogP contribution in [0.15, 0.2) is 36.4 Å². The molecule has 0 saturated heterocycles. The number of nitrogens with zero attached hydrogens (tertiary/aromatic N) is 4. The van der Waals surface area contributed by atoms with Crippen molar-refractivity contribution in [3.8, 4) is 5.75 Å². The number of ether oxygens (including phenoxy) is 2. The van der Waals surface area contributed by atoms with Crippen LogP contribution in [0.4, 0.5) is 0 Å². The molecule has 8 heteroatoms. The fourth-order valence-corrected chi connectivity index (χ4v) is 2.34. The Morgan fingerprint density at radius 3 is 2.96 bits per heavy atom. The molecule has 0 amide bonds. The largest absolute Gasteiger partial charge is 0.508 e. The molecule has 0 radical (unpaired) electrons. The number of benzene rings is 1. The Balaban J connectivity index is 1.61. The Hall–Kier alpha value is -2.74. The fourth-order valence-electron chi connectivity index (χ4n) is 2.34. The topological polar surface area (TPSA) is 99.4 Å². The Morgan fingerprint density at radius 2 is 2.21 bits per heavy atom. The van der Waals surface area contributed by atoms with Crippen LogP contribution in [0.2, 0.25) is 0 Å². The van der Waals surface area contributed by atoms with Gasteiger partial charge in [-0.15, -0.1) is 15.0 Å². The van der Waals surface area contributed by atoms with E-state index in [4.69, 9.17) is 9.47 Å². The van der Waals surface area contributed by atoms with Gasteiger partial charge in [-0.25, -0.2) is 0 Å². The molecule has 2 heterocycles. The molecule has 1 aliphatic heterocycles. The van der Waals surface area contributed by atoms with Gasteiger partial charge in [-0.3, -0.25) is 4.79 Å². The molecule has 8 nitrogen and oxygen atoms in total. The Labute approximate surface area is 138 Å². The van der Waals surface area contributed by atoms with Crippen LogP contribution in [0.3, 0.4) is 0 Å². The SMILES string of the molecule is CC(=O)OCC1C=CCC(n2nnc(Cc3ccc(O)cc3)n2)O1. The summed E-state index contributed by atoms with van der Waals surface area (Å²) in [6.45, 7) is 1.52. The Morgan fingerprint density at radius 1 is 1.42 bits per heavy atom. The number of carbonyl (C=O) groups is 1. The monoisotopic (exact) mass is 330 g/mol. The van der Waals surface area contributed by atoms with Crippen molar-refractivity contribution in [2.75, 3.05) is 6.61 Å². The van der Waals surface area contributed by atoms with Crippen LogP contribution < -0.4 is 0 Å². The van der Waals surface area contributed by atoms with Gasteiger partial charge in [0.2, 0.25) is 0 Å². The number of hydrogen-bond acceptors (Lipinski definition) is 7. The Kier molecular flexibility index (Phi) is 4.85. The van der Waals surface area contributed by atoms with Gasteiger partial charge in [0.25, 0.3) is 0 Å². The summed E-state index contributed by atoms with van der Waals surface area (Å²) < 4.78 is 10.8. The van der Waals surface area contributed by atoms with Crippen LogP contribution in [-0.4, -0.2) is 44.0 Å². The van der Waals surface area contributed by atoms with Crippen LogP contribution in [-0.2, 0) is 20.7 Å². The van der Waals surface area contributed by atoms with E-state index in [0.717, 1.165) is 5.56 Å². The smallest absolute Gasteiger partial charge is 0.302 e. The quantitative estimate of drug-likeness (QED) is 0.653. The minimum atomic E-state index is -0.378. The molecule has 2 unspecified atom stereocenters. The summed E-state index contributed by atoms with van der Waals surface area (Å²) >= 11 is 0. The molecule has 1 N–H and O–H groups in total. The summed E-state index contributed by atoms with van der Waals surface area (Å²) in [5.74, 6) is 0.441. The number of rotatable bonds is 5. The summed E-state index contributed by atoms with van der Waals surface area (Å²) in [7, 11) is 0. The van der Waals surface area contributed by atoms with E-state index in [1.54, 1.807) is 12.1 Å². The molecule has 0 bridgehead atoms. The maximum atomic E-state index is 10.9. The highest BCUT2D eigenvalue weighted by Gasteiger charge is 2.22. The molecular formula is C16H18N4O4. The second-order valence-corrected chi connectivity index (χ2v) is 5.46. The van der Waals surface area contributed by atoms with Crippen molar-refractivity contribution < 1.29 is 19.4 Å². The zero-order valence-corrected chi connectivity index (χ0v) is 13.2. The van der Waals surface area contributed by atoms with Gasteiger partial charge in [-0.05, 0) is 22.9 Å². The van der Waals surface area contributed by atoms with E-state index in [9.17, 15) is 9.90 Å². The first-order valence-corrected chi connectivity index (χ1v) is 7.62. The molecule has 0 spiro atoms. The predicted octanol–water partition coefficient (Wildman–Crippen LogP) is 1.38. The van der Waals surface area contributed by atoms with Crippen LogP contribution in [0.1, 0.15) is 31.0 Å². The van der Waals surface area contributed by atoms with Crippen LogP contribution in [0.25, 0.3) is 0 Å². The lowest BCUT2D eigenvalue weighted by molar-refractivity contribution is -0.148. The fraction of sp³-hybridized carbons (Fsp3) is 0.375. The van der Waals surface area contributed by atoms with Gasteiger partial charge in [0, 0.05) is 19.8 Å². The van der Waals surface area contributed by atoms with Crippen LogP contribution in [0.5, 0.6) is 5.75 Å². The molecule has 126 valence electrons. The second-order valence-electron chi connectivity index (χ2n) is 5.46. The molecule has 0 aliphatic carbocycles. The van der Waals surface area contributed by atoms with E-state index in [1.165, 1.54) is 11.7 Å². The highest BCUT2D eigenvalue weighted by atomic mass is 16.6. The number of aromatic nitrogens is 4. The van der Waals surface area contributed by atoms with E-state index >= 15 is 0 Å². The second kappa shape index (κ2) is 7.22. The third kappa shape index (κ3) is 4.17. The normalized spacial score (nSPS) is 20.0. The number of aromatic hydroxyl groups is 1. The van der Waals surface area contributed by atoms with Crippen molar-refractivity contribution in [1.29, 1.82) is 0 Å². The molecular weight excluding hydrogens is 312 g/mol. The average Bonchev–Trinajstić information content (AvgIpc) is 3.04. The minimum absolute atomic E-state index is 0.164. The maximum absolute atomic E-state index is 10.9. The number of hydrogen-bond donors (Lipinski definition) is 1. The van der Waals surface area contributed by atoms with Gasteiger partial charge < -0.3 is 14.6 Å². The van der Waals surface area contributed by atoms with Crippen molar-refractivity contribution in [2.45, 2.75) is 32.1 Å². The van der Waals surface area contributed by atoms with Crippen molar-refractivity contribution >= 4 is 5.97 Å². The lowest BCUT2D eigenvalue weighted by Gasteiger charge is -2.24. The predicted molar refractivity (Wildman–Crippen MR) is 83.0 cm³/mol. The average molecular weight is 330 g/mol. The summed E-state index contributed by atoms with van der Waals surface area (Å²) in [5, 5.41) is 21.7. The van der Waals surface area contributed by atoms with Crippen molar-refractivity contribution in [2.24, 2.45) is 0 Å². The van der Waals surface area contributed by atoms with E-state index in [1.807, 2.05) is 24.3 Å². The van der Waals surface area contributed by atoms with Gasteiger partial charge in [-0.2, -0.15) is 0 Å². The first kappa shape index (κ1) is 16.1. The van der Waals surface area contributed by atoms with Gasteiger partial charge in [-0.1, -0.05) is 24.3 Å². The first-order chi connectivity index (χ1) is 11.6. The van der Waals surface area contributed by atoms with E-state index < -0.39 is 0 Å². The molecule has 2 atom stereocenters. The van der Waals surface area contributed by atoms with Crippen LogP contribution >= 0.6 is 0 Å². The van der Waals surface area contributed by atoms with E-state index in [0.29, 0.717) is 18.7 Å².